The maximum absolute atomic E-state index is 13.8. The van der Waals surface area contributed by atoms with E-state index in [4.69, 9.17) is 28.9 Å². The molecular formula is C31H37Cl2N3O3. The fraction of sp³-hybridized carbons (Fsp3) is 0.355. The van der Waals surface area contributed by atoms with Crippen molar-refractivity contribution in [2.45, 2.75) is 51.7 Å². The van der Waals surface area contributed by atoms with Crippen molar-refractivity contribution in [3.63, 3.8) is 0 Å². The van der Waals surface area contributed by atoms with E-state index in [2.05, 4.69) is 5.32 Å². The molecule has 0 saturated carbocycles. The first kappa shape index (κ1) is 30.6. The molecular weight excluding hydrogens is 533 g/mol. The second-order valence-corrected chi connectivity index (χ2v) is 10.5. The molecule has 39 heavy (non-hydrogen) atoms. The van der Waals surface area contributed by atoms with Crippen LogP contribution in [0, 0.1) is 0 Å². The van der Waals surface area contributed by atoms with Crippen molar-refractivity contribution in [3.8, 4) is 0 Å². The molecule has 0 radical (unpaired) electrons. The first-order valence-corrected chi connectivity index (χ1v) is 14.1. The zero-order valence-electron chi connectivity index (χ0n) is 22.5. The molecule has 0 spiro atoms. The highest BCUT2D eigenvalue weighted by atomic mass is 35.5. The van der Waals surface area contributed by atoms with Gasteiger partial charge in [0.2, 0.25) is 5.91 Å². The summed E-state index contributed by atoms with van der Waals surface area (Å²) in [5.41, 5.74) is 8.85. The highest BCUT2D eigenvalue weighted by molar-refractivity contribution is 6.42. The van der Waals surface area contributed by atoms with Gasteiger partial charge in [-0.2, -0.15) is 0 Å². The number of rotatable bonds is 14. The van der Waals surface area contributed by atoms with Gasteiger partial charge >= 0.3 is 0 Å². The fourth-order valence-corrected chi connectivity index (χ4v) is 5.17. The van der Waals surface area contributed by atoms with Crippen LogP contribution in [-0.4, -0.2) is 47.6 Å². The SMILES string of the molecule is CCCN(CCC)C(=O)c1cccc(C(N)=O)c1[C@H](Cc1ccccc1)[C@@H](O)CNCc1ccc(Cl)c(Cl)c1. The summed E-state index contributed by atoms with van der Waals surface area (Å²) in [5.74, 6) is -1.36. The van der Waals surface area contributed by atoms with Gasteiger partial charge in [0, 0.05) is 43.2 Å². The summed E-state index contributed by atoms with van der Waals surface area (Å²) < 4.78 is 0. The molecule has 6 nitrogen and oxygen atoms in total. The molecule has 0 aromatic heterocycles. The topological polar surface area (TPSA) is 95.7 Å². The Balaban J connectivity index is 2.00. The number of aliphatic hydroxyl groups is 1. The number of hydrogen-bond donors (Lipinski definition) is 3. The number of nitrogens with zero attached hydrogens (tertiary/aromatic N) is 1. The van der Waals surface area contributed by atoms with Crippen LogP contribution in [0.2, 0.25) is 10.0 Å². The lowest BCUT2D eigenvalue weighted by molar-refractivity contribution is 0.0751. The van der Waals surface area contributed by atoms with Gasteiger partial charge in [0.15, 0.2) is 0 Å². The van der Waals surface area contributed by atoms with Crippen LogP contribution in [0.3, 0.4) is 0 Å². The lowest BCUT2D eigenvalue weighted by Crippen LogP contribution is -2.37. The second kappa shape index (κ2) is 15.0. The molecule has 208 valence electrons. The third-order valence-corrected chi connectivity index (χ3v) is 7.42. The van der Waals surface area contributed by atoms with Crippen molar-refractivity contribution < 1.29 is 14.7 Å². The zero-order valence-corrected chi connectivity index (χ0v) is 24.0. The number of amides is 2. The number of hydrogen-bond acceptors (Lipinski definition) is 4. The molecule has 3 rings (SSSR count). The Morgan fingerprint density at radius 1 is 0.897 bits per heavy atom. The first-order valence-electron chi connectivity index (χ1n) is 13.3. The third-order valence-electron chi connectivity index (χ3n) is 6.68. The Morgan fingerprint density at radius 3 is 2.18 bits per heavy atom. The van der Waals surface area contributed by atoms with Crippen LogP contribution in [0.15, 0.2) is 66.7 Å². The number of carbonyl (C=O) groups excluding carboxylic acids is 2. The van der Waals surface area contributed by atoms with E-state index in [1.165, 1.54) is 0 Å². The Kier molecular flexibility index (Phi) is 11.8. The molecule has 0 aliphatic rings. The van der Waals surface area contributed by atoms with Gasteiger partial charge in [-0.05, 0) is 60.2 Å². The predicted molar refractivity (Wildman–Crippen MR) is 159 cm³/mol. The maximum atomic E-state index is 13.8. The molecule has 3 aromatic rings. The van der Waals surface area contributed by atoms with Crippen molar-refractivity contribution in [1.82, 2.24) is 10.2 Å². The van der Waals surface area contributed by atoms with Gasteiger partial charge < -0.3 is 21.1 Å². The van der Waals surface area contributed by atoms with Crippen LogP contribution in [0.4, 0.5) is 0 Å². The standard InChI is InChI=1S/C31H37Cl2N3O3/c1-3-15-36(16-4-2)31(39)24-12-8-11-23(30(34)38)29(24)25(17-21-9-6-5-7-10-21)28(37)20-35-19-22-13-14-26(32)27(33)18-22/h5-14,18,25,28,35,37H,3-4,15-17,19-20H2,1-2H3,(H2,34,38)/t25-,28+/m1/s1. The highest BCUT2D eigenvalue weighted by Gasteiger charge is 2.31. The largest absolute Gasteiger partial charge is 0.391 e. The van der Waals surface area contributed by atoms with Crippen LogP contribution in [0.25, 0.3) is 0 Å². The second-order valence-electron chi connectivity index (χ2n) is 9.67. The molecule has 2 atom stereocenters. The lowest BCUT2D eigenvalue weighted by atomic mass is 9.81. The minimum atomic E-state index is -0.925. The quantitative estimate of drug-likeness (QED) is 0.227. The summed E-state index contributed by atoms with van der Waals surface area (Å²) in [4.78, 5) is 28.2. The van der Waals surface area contributed by atoms with Gasteiger partial charge in [-0.15, -0.1) is 0 Å². The van der Waals surface area contributed by atoms with Gasteiger partial charge in [0.25, 0.3) is 5.91 Å². The first-order chi connectivity index (χ1) is 18.8. The molecule has 2 amide bonds. The molecule has 0 heterocycles. The maximum Gasteiger partial charge on any atom is 0.254 e. The van der Waals surface area contributed by atoms with Crippen LogP contribution in [0.5, 0.6) is 0 Å². The molecule has 0 aliphatic carbocycles. The van der Waals surface area contributed by atoms with E-state index in [0.717, 1.165) is 24.0 Å². The van der Waals surface area contributed by atoms with Gasteiger partial charge in [-0.25, -0.2) is 0 Å². The van der Waals surface area contributed by atoms with Gasteiger partial charge in [-0.1, -0.05) is 79.5 Å². The van der Waals surface area contributed by atoms with Crippen LogP contribution >= 0.6 is 23.2 Å². The van der Waals surface area contributed by atoms with E-state index in [1.807, 2.05) is 50.2 Å². The summed E-state index contributed by atoms with van der Waals surface area (Å²) in [6.45, 7) is 5.92. The zero-order chi connectivity index (χ0) is 28.4. The summed E-state index contributed by atoms with van der Waals surface area (Å²) in [7, 11) is 0. The van der Waals surface area contributed by atoms with Gasteiger partial charge in [0.1, 0.15) is 0 Å². The third kappa shape index (κ3) is 8.29. The number of nitrogens with one attached hydrogen (secondary N) is 1. The number of benzene rings is 3. The number of primary amides is 1. The van der Waals surface area contributed by atoms with Crippen molar-refractivity contribution in [2.24, 2.45) is 5.73 Å². The molecule has 0 saturated heterocycles. The molecule has 0 bridgehead atoms. The van der Waals surface area contributed by atoms with Crippen molar-refractivity contribution in [1.29, 1.82) is 0 Å². The lowest BCUT2D eigenvalue weighted by Gasteiger charge is -2.29. The normalized spacial score (nSPS) is 12.6. The Bertz CT molecular complexity index is 1250. The number of nitrogens with two attached hydrogens (primary N) is 1. The summed E-state index contributed by atoms with van der Waals surface area (Å²) in [6.07, 6.45) is 1.12. The summed E-state index contributed by atoms with van der Waals surface area (Å²) in [6, 6.07) is 20.1. The van der Waals surface area contributed by atoms with E-state index in [1.54, 1.807) is 35.2 Å². The monoisotopic (exact) mass is 569 g/mol. The molecule has 0 fully saturated rings. The van der Waals surface area contributed by atoms with Crippen molar-refractivity contribution >= 4 is 35.0 Å². The Labute approximate surface area is 241 Å². The average molecular weight is 571 g/mol. The summed E-state index contributed by atoms with van der Waals surface area (Å²) >= 11 is 12.2. The Morgan fingerprint density at radius 2 is 1.56 bits per heavy atom. The van der Waals surface area contributed by atoms with Gasteiger partial charge in [-0.3, -0.25) is 9.59 Å². The number of aliphatic hydroxyl groups excluding tert-OH is 1. The van der Waals surface area contributed by atoms with Gasteiger partial charge in [0.05, 0.1) is 16.1 Å². The molecule has 4 N–H and O–H groups in total. The summed E-state index contributed by atoms with van der Waals surface area (Å²) in [5, 5.41) is 15.8. The van der Waals surface area contributed by atoms with E-state index < -0.39 is 17.9 Å². The highest BCUT2D eigenvalue weighted by Crippen LogP contribution is 2.32. The predicted octanol–water partition coefficient (Wildman–Crippen LogP) is 5.83. The minimum Gasteiger partial charge on any atom is -0.391 e. The number of carbonyl (C=O) groups is 2. The average Bonchev–Trinajstić information content (AvgIpc) is 2.93. The smallest absolute Gasteiger partial charge is 0.254 e. The van der Waals surface area contributed by atoms with E-state index >= 15 is 0 Å². The van der Waals surface area contributed by atoms with E-state index in [9.17, 15) is 14.7 Å². The van der Waals surface area contributed by atoms with Crippen molar-refractivity contribution in [2.75, 3.05) is 19.6 Å². The van der Waals surface area contributed by atoms with Crippen LogP contribution < -0.4 is 11.1 Å². The van der Waals surface area contributed by atoms with Crippen molar-refractivity contribution in [3.05, 3.63) is 105 Å². The number of halogens is 2. The molecule has 0 unspecified atom stereocenters. The van der Waals surface area contributed by atoms with Crippen LogP contribution in [0.1, 0.15) is 70.0 Å². The van der Waals surface area contributed by atoms with Crippen LogP contribution in [-0.2, 0) is 13.0 Å². The molecule has 8 heteroatoms. The molecule has 3 aromatic carbocycles. The van der Waals surface area contributed by atoms with E-state index in [-0.39, 0.29) is 18.0 Å². The van der Waals surface area contributed by atoms with E-state index in [0.29, 0.717) is 47.2 Å². The minimum absolute atomic E-state index is 0.161. The Hall–Kier alpha value is -2.90. The molecule has 0 aliphatic heterocycles. The fourth-order valence-electron chi connectivity index (χ4n) is 4.85.